The van der Waals surface area contributed by atoms with Crippen molar-refractivity contribution in [1.29, 1.82) is 0 Å². The van der Waals surface area contributed by atoms with Crippen LogP contribution in [-0.2, 0) is 6.42 Å². The van der Waals surface area contributed by atoms with Crippen molar-refractivity contribution in [1.82, 2.24) is 0 Å². The Hall–Kier alpha value is -7.48. The molecular weight excluding hydrogens is 1060 g/mol. The average Bonchev–Trinajstić information content (AvgIpc) is 3.43. The van der Waals surface area contributed by atoms with E-state index >= 15 is 35.1 Å². The van der Waals surface area contributed by atoms with Crippen LogP contribution in [0.5, 0.6) is 0 Å². The van der Waals surface area contributed by atoms with E-state index in [1.54, 1.807) is 0 Å². The Morgan fingerprint density at radius 1 is 0.320 bits per heavy atom. The van der Waals surface area contributed by atoms with E-state index in [0.717, 1.165) is 12.0 Å². The minimum absolute atomic E-state index is 0.197. The Morgan fingerprint density at radius 3 is 0.747 bits per heavy atom. The number of ketones is 1. The number of rotatable bonds is 11. The van der Waals surface area contributed by atoms with Crippen molar-refractivity contribution in [2.75, 3.05) is 6.16 Å². The van der Waals surface area contributed by atoms with Gasteiger partial charge in [0, 0.05) is 5.56 Å². The van der Waals surface area contributed by atoms with Crippen molar-refractivity contribution >= 4 is 57.0 Å². The van der Waals surface area contributed by atoms with Crippen LogP contribution in [0.2, 0.25) is 0 Å². The predicted molar refractivity (Wildman–Crippen MR) is 239 cm³/mol. The van der Waals surface area contributed by atoms with Crippen LogP contribution in [0.1, 0.15) is 22.8 Å². The summed E-state index contributed by atoms with van der Waals surface area (Å²) >= 11 is 0. The first-order valence-corrected chi connectivity index (χ1v) is 23.3. The first-order valence-electron chi connectivity index (χ1n) is 21.3. The molecule has 0 saturated heterocycles. The predicted octanol–water partition coefficient (Wildman–Crippen LogP) is 11.3. The van der Waals surface area contributed by atoms with Gasteiger partial charge in [0.25, 0.3) is 0 Å². The molecule has 0 radical (unpaired) electrons. The third kappa shape index (κ3) is 8.99. The number of halogens is 20. The number of hydrogen-bond acceptors (Lipinski definition) is 1. The highest BCUT2D eigenvalue weighted by atomic mass is 31.2. The summed E-state index contributed by atoms with van der Waals surface area (Å²) in [5.41, 5.74) is -12.3. The van der Waals surface area contributed by atoms with Gasteiger partial charge in [0.2, 0.25) is 5.78 Å². The van der Waals surface area contributed by atoms with Crippen LogP contribution in [0.25, 0.3) is 0 Å². The fourth-order valence-corrected chi connectivity index (χ4v) is 13.0. The standard InChI is InChI=1S/C28H26OP.C24BF20/c1-2-23-18-20-24(21-19-23)28(29)22-30(25-12-6-3-7-13-25,26-14-8-4-9-15-26)27-16-10-5-11-17-27;26-5-1(6(27)14(35)21(42)13(5)34)25(2-7(28)15(36)22(43)16(37)8(2)29,3-9(30)17(38)23(44)18(39)10(3)31)4-11(32)19(40)24(45)20(41)12(4)33/h3-21H,2,22H2,1H3;/q+1;-1. The van der Waals surface area contributed by atoms with Crippen LogP contribution in [0.4, 0.5) is 87.8 Å². The summed E-state index contributed by atoms with van der Waals surface area (Å²) in [5, 5.41) is 3.71. The van der Waals surface area contributed by atoms with Crippen LogP contribution in [0.15, 0.2) is 115 Å². The second-order valence-electron chi connectivity index (χ2n) is 16.2. The van der Waals surface area contributed by atoms with Crippen molar-refractivity contribution in [2.45, 2.75) is 13.3 Å². The lowest BCUT2D eigenvalue weighted by molar-refractivity contribution is 0.102. The van der Waals surface area contributed by atoms with Gasteiger partial charge in [-0.25, -0.2) is 87.8 Å². The largest absolute Gasteiger partial charge is 0.290 e. The second-order valence-corrected chi connectivity index (χ2v) is 19.7. The zero-order chi connectivity index (χ0) is 55.2. The number of Topliss-reactive ketones (excluding diaryl/α,β-unsaturated/α-hetero) is 1. The molecule has 0 bridgehead atoms. The topological polar surface area (TPSA) is 17.1 Å². The van der Waals surface area contributed by atoms with Crippen LogP contribution < -0.4 is 37.8 Å². The number of hydrogen-bond donors (Lipinski definition) is 0. The highest BCUT2D eigenvalue weighted by Crippen LogP contribution is 2.55. The summed E-state index contributed by atoms with van der Waals surface area (Å²) in [7, 11) is -2.14. The van der Waals surface area contributed by atoms with Gasteiger partial charge in [0.15, 0.2) is 69.8 Å². The molecule has 0 atom stereocenters. The van der Waals surface area contributed by atoms with Crippen molar-refractivity contribution in [2.24, 2.45) is 0 Å². The van der Waals surface area contributed by atoms with Gasteiger partial charge in [-0.15, -0.1) is 21.9 Å². The van der Waals surface area contributed by atoms with Crippen molar-refractivity contribution in [3.05, 3.63) is 243 Å². The molecule has 0 spiro atoms. The summed E-state index contributed by atoms with van der Waals surface area (Å²) in [6, 6.07) is 39.8. The molecule has 0 aliphatic rings. The third-order valence-electron chi connectivity index (χ3n) is 12.4. The maximum absolute atomic E-state index is 15.4. The summed E-state index contributed by atoms with van der Waals surface area (Å²) in [6.45, 7) is 2.13. The molecule has 0 heterocycles. The van der Waals surface area contributed by atoms with Gasteiger partial charge in [-0.3, -0.25) is 4.79 Å². The summed E-state index contributed by atoms with van der Waals surface area (Å²) in [4.78, 5) is 13.6. The average molecular weight is 1090 g/mol. The molecule has 8 rings (SSSR count). The number of carbonyl (C=O) groups is 1. The lowest BCUT2D eigenvalue weighted by atomic mass is 9.12. The van der Waals surface area contributed by atoms with E-state index in [1.165, 1.54) is 21.5 Å². The molecule has 0 aromatic heterocycles. The zero-order valence-corrected chi connectivity index (χ0v) is 38.3. The summed E-state index contributed by atoms with van der Waals surface area (Å²) in [6.07, 6.45) is -5.76. The molecule has 0 aliphatic heterocycles. The lowest BCUT2D eigenvalue weighted by Crippen LogP contribution is -2.81. The van der Waals surface area contributed by atoms with Crippen LogP contribution in [0.3, 0.4) is 0 Å². The number of carbonyl (C=O) groups excluding carboxylic acids is 1. The maximum atomic E-state index is 15.4. The second kappa shape index (κ2) is 21.4. The number of aryl methyl sites for hydroxylation is 1. The molecule has 0 N–H and O–H groups in total. The highest BCUT2D eigenvalue weighted by Gasteiger charge is 2.53. The van der Waals surface area contributed by atoms with E-state index in [4.69, 9.17) is 0 Å². The Kier molecular flexibility index (Phi) is 15.8. The van der Waals surface area contributed by atoms with Crippen molar-refractivity contribution in [3.8, 4) is 0 Å². The minimum Gasteiger partial charge on any atom is -0.290 e. The molecule has 0 unspecified atom stereocenters. The van der Waals surface area contributed by atoms with Crippen LogP contribution in [-0.4, -0.2) is 18.1 Å². The molecule has 0 aliphatic carbocycles. The molecule has 8 aromatic carbocycles. The molecule has 0 saturated carbocycles. The van der Waals surface area contributed by atoms with Crippen LogP contribution >= 0.6 is 7.26 Å². The Balaban J connectivity index is 0.000000236. The minimum atomic E-state index is -7.22. The van der Waals surface area contributed by atoms with E-state index in [2.05, 4.69) is 91.9 Å². The van der Waals surface area contributed by atoms with Crippen LogP contribution in [0, 0.1) is 116 Å². The molecule has 388 valence electrons. The van der Waals surface area contributed by atoms with Gasteiger partial charge >= 0.3 is 0 Å². The lowest BCUT2D eigenvalue weighted by Gasteiger charge is -2.44. The van der Waals surface area contributed by atoms with E-state index in [1.807, 2.05) is 30.3 Å². The normalized spacial score (nSPS) is 11.7. The summed E-state index contributed by atoms with van der Waals surface area (Å²) in [5.74, 6) is -71.2. The van der Waals surface area contributed by atoms with Crippen molar-refractivity contribution in [3.63, 3.8) is 0 Å². The zero-order valence-electron chi connectivity index (χ0n) is 37.4. The van der Waals surface area contributed by atoms with Gasteiger partial charge in [0.1, 0.15) is 82.0 Å². The Bertz CT molecular complexity index is 3030. The third-order valence-corrected chi connectivity index (χ3v) is 16.7. The Morgan fingerprint density at radius 2 is 0.533 bits per heavy atom. The van der Waals surface area contributed by atoms with Gasteiger partial charge in [-0.1, -0.05) is 85.8 Å². The van der Waals surface area contributed by atoms with E-state index < -0.39 is 152 Å². The number of benzene rings is 8. The molecule has 75 heavy (non-hydrogen) atoms. The van der Waals surface area contributed by atoms with Gasteiger partial charge in [-0.05, 0) is 48.4 Å². The molecule has 0 amide bonds. The fraction of sp³-hybridized carbons (Fsp3) is 0.0577. The van der Waals surface area contributed by atoms with Gasteiger partial charge < -0.3 is 0 Å². The van der Waals surface area contributed by atoms with Crippen molar-refractivity contribution < 1.29 is 92.6 Å². The highest BCUT2D eigenvalue weighted by molar-refractivity contribution is 7.96. The van der Waals surface area contributed by atoms with E-state index in [0.29, 0.717) is 6.16 Å². The van der Waals surface area contributed by atoms with E-state index in [9.17, 15) is 57.5 Å². The molecule has 23 heteroatoms. The first kappa shape index (κ1) is 55.3. The maximum Gasteiger partial charge on any atom is 0.201 e. The smallest absolute Gasteiger partial charge is 0.201 e. The molecule has 0 fully saturated rings. The molecular formula is C52H26BF20OP. The van der Waals surface area contributed by atoms with Gasteiger partial charge in [0.05, 0.1) is 0 Å². The summed E-state index contributed by atoms with van der Waals surface area (Å²) < 4.78 is 294. The first-order chi connectivity index (χ1) is 35.4. The molecule has 8 aromatic rings. The SMILES string of the molecule is CCc1ccc(C(=O)C[P+](c2ccccc2)(c2ccccc2)c2ccccc2)cc1.Fc1c(F)c(F)c([B-](c2c(F)c(F)c(F)c(F)c2F)(c2c(F)c(F)c(F)c(F)c2F)c2c(F)c(F)c(F)c(F)c2F)c(F)c1F. The van der Waals surface area contributed by atoms with E-state index in [-0.39, 0.29) is 5.78 Å². The van der Waals surface area contributed by atoms with Gasteiger partial charge in [-0.2, -0.15) is 0 Å². The Labute approximate surface area is 411 Å². The fourth-order valence-electron chi connectivity index (χ4n) is 8.88. The monoisotopic (exact) mass is 1090 g/mol. The molecule has 1 nitrogen and oxygen atoms in total. The quantitative estimate of drug-likeness (QED) is 0.0315.